The topological polar surface area (TPSA) is 0 Å². The molecule has 2 saturated carbocycles. The quantitative estimate of drug-likeness (QED) is 0.622. The van der Waals surface area contributed by atoms with Gasteiger partial charge in [0.25, 0.3) is 0 Å². The van der Waals surface area contributed by atoms with Gasteiger partial charge in [-0.2, -0.15) is 0 Å². The van der Waals surface area contributed by atoms with E-state index < -0.39 is 0 Å². The van der Waals surface area contributed by atoms with Crippen LogP contribution in [-0.4, -0.2) is 0 Å². The van der Waals surface area contributed by atoms with Crippen molar-refractivity contribution < 1.29 is 4.39 Å². The van der Waals surface area contributed by atoms with Gasteiger partial charge in [-0.1, -0.05) is 43.2 Å². The van der Waals surface area contributed by atoms with Gasteiger partial charge in [-0.05, 0) is 47.6 Å². The van der Waals surface area contributed by atoms with Gasteiger partial charge < -0.3 is 0 Å². The normalized spacial score (nSPS) is 30.0. The van der Waals surface area contributed by atoms with Crippen LogP contribution < -0.4 is 0 Å². The number of rotatable bonds is 2. The SMILES string of the molecule is Fc1ccc(C(Cl)C2C3CCCCC32)c2ccccc12. The Morgan fingerprint density at radius 2 is 1.60 bits per heavy atom. The third kappa shape index (κ3) is 1.87. The van der Waals surface area contributed by atoms with Gasteiger partial charge >= 0.3 is 0 Å². The zero-order valence-corrected chi connectivity index (χ0v) is 12.1. The lowest BCUT2D eigenvalue weighted by Crippen LogP contribution is -1.98. The highest BCUT2D eigenvalue weighted by Crippen LogP contribution is 2.62. The minimum absolute atomic E-state index is 0.0357. The highest BCUT2D eigenvalue weighted by atomic mass is 35.5. The molecule has 0 nitrogen and oxygen atoms in total. The van der Waals surface area contributed by atoms with Crippen LogP contribution in [-0.2, 0) is 0 Å². The molecule has 0 amide bonds. The van der Waals surface area contributed by atoms with Crippen molar-refractivity contribution in [3.05, 3.63) is 47.8 Å². The van der Waals surface area contributed by atoms with Crippen molar-refractivity contribution in [3.8, 4) is 0 Å². The van der Waals surface area contributed by atoms with Crippen molar-refractivity contribution in [2.75, 3.05) is 0 Å². The summed E-state index contributed by atoms with van der Waals surface area (Å²) in [5.41, 5.74) is 1.11. The van der Waals surface area contributed by atoms with Gasteiger partial charge in [0.2, 0.25) is 0 Å². The van der Waals surface area contributed by atoms with E-state index in [9.17, 15) is 4.39 Å². The first kappa shape index (κ1) is 12.6. The number of hydrogen-bond acceptors (Lipinski definition) is 0. The second-order valence-corrected chi connectivity index (χ2v) is 6.74. The zero-order chi connectivity index (χ0) is 13.7. The van der Waals surface area contributed by atoms with E-state index in [1.807, 2.05) is 30.3 Å². The molecule has 2 aliphatic carbocycles. The van der Waals surface area contributed by atoms with Gasteiger partial charge in [-0.15, -0.1) is 11.6 Å². The van der Waals surface area contributed by atoms with E-state index in [-0.39, 0.29) is 11.2 Å². The predicted molar refractivity (Wildman–Crippen MR) is 81.4 cm³/mol. The molecule has 0 aliphatic heterocycles. The average molecular weight is 289 g/mol. The number of halogens is 2. The van der Waals surface area contributed by atoms with Crippen molar-refractivity contribution in [3.63, 3.8) is 0 Å². The Bertz CT molecular complexity index is 639. The van der Waals surface area contributed by atoms with Gasteiger partial charge in [0.05, 0.1) is 5.38 Å². The molecule has 2 fully saturated rings. The molecule has 0 aromatic heterocycles. The van der Waals surface area contributed by atoms with Crippen molar-refractivity contribution >= 4 is 22.4 Å². The van der Waals surface area contributed by atoms with Crippen LogP contribution in [0.1, 0.15) is 36.6 Å². The molecule has 2 aromatic carbocycles. The molecule has 0 radical (unpaired) electrons. The smallest absolute Gasteiger partial charge is 0.131 e. The lowest BCUT2D eigenvalue weighted by Gasteiger charge is -2.13. The fraction of sp³-hybridized carbons (Fsp3) is 0.444. The largest absolute Gasteiger partial charge is 0.206 e. The summed E-state index contributed by atoms with van der Waals surface area (Å²) in [5.74, 6) is 2.08. The van der Waals surface area contributed by atoms with E-state index in [1.165, 1.54) is 25.7 Å². The number of hydrogen-bond donors (Lipinski definition) is 0. The molecule has 0 saturated heterocycles. The van der Waals surface area contributed by atoms with Crippen LogP contribution in [0.25, 0.3) is 10.8 Å². The van der Waals surface area contributed by atoms with Crippen molar-refractivity contribution in [2.24, 2.45) is 17.8 Å². The van der Waals surface area contributed by atoms with Crippen molar-refractivity contribution in [1.29, 1.82) is 0 Å². The van der Waals surface area contributed by atoms with Crippen molar-refractivity contribution in [2.45, 2.75) is 31.1 Å². The Morgan fingerprint density at radius 1 is 0.950 bits per heavy atom. The van der Waals surface area contributed by atoms with Gasteiger partial charge in [0.15, 0.2) is 0 Å². The van der Waals surface area contributed by atoms with E-state index in [1.54, 1.807) is 6.07 Å². The van der Waals surface area contributed by atoms with Crippen LogP contribution in [0, 0.1) is 23.6 Å². The molecule has 4 rings (SSSR count). The van der Waals surface area contributed by atoms with Crippen LogP contribution in [0.3, 0.4) is 0 Å². The Balaban J connectivity index is 1.73. The Kier molecular flexibility index (Phi) is 2.99. The van der Waals surface area contributed by atoms with E-state index in [2.05, 4.69) is 0 Å². The van der Waals surface area contributed by atoms with Crippen LogP contribution >= 0.6 is 11.6 Å². The first-order chi connectivity index (χ1) is 9.77. The third-order valence-corrected chi connectivity index (χ3v) is 5.79. The molecule has 104 valence electrons. The van der Waals surface area contributed by atoms with Gasteiger partial charge in [0, 0.05) is 5.39 Å². The molecule has 0 heterocycles. The molecular weight excluding hydrogens is 271 g/mol. The third-order valence-electron chi connectivity index (χ3n) is 5.26. The lowest BCUT2D eigenvalue weighted by molar-refractivity contribution is 0.480. The summed E-state index contributed by atoms with van der Waals surface area (Å²) in [7, 11) is 0. The summed E-state index contributed by atoms with van der Waals surface area (Å²) in [6, 6.07) is 11.1. The molecule has 2 aliphatic rings. The second kappa shape index (κ2) is 4.73. The monoisotopic (exact) mass is 288 g/mol. The van der Waals surface area contributed by atoms with Gasteiger partial charge in [0.1, 0.15) is 5.82 Å². The molecule has 0 N–H and O–H groups in total. The van der Waals surface area contributed by atoms with Gasteiger partial charge in [-0.3, -0.25) is 0 Å². The van der Waals surface area contributed by atoms with Crippen LogP contribution in [0.2, 0.25) is 0 Å². The highest BCUT2D eigenvalue weighted by molar-refractivity contribution is 6.22. The number of benzene rings is 2. The summed E-state index contributed by atoms with van der Waals surface area (Å²) in [4.78, 5) is 0. The fourth-order valence-corrected chi connectivity index (χ4v) is 4.78. The zero-order valence-electron chi connectivity index (χ0n) is 11.4. The van der Waals surface area contributed by atoms with Crippen LogP contribution in [0.5, 0.6) is 0 Å². The maximum atomic E-state index is 13.9. The molecule has 2 aromatic rings. The molecule has 3 atom stereocenters. The summed E-state index contributed by atoms with van der Waals surface area (Å²) in [5, 5.41) is 1.71. The second-order valence-electron chi connectivity index (χ2n) is 6.27. The Morgan fingerprint density at radius 3 is 2.30 bits per heavy atom. The lowest BCUT2D eigenvalue weighted by atomic mass is 9.98. The molecule has 0 bridgehead atoms. The van der Waals surface area contributed by atoms with Crippen molar-refractivity contribution in [1.82, 2.24) is 0 Å². The minimum atomic E-state index is -0.151. The van der Waals surface area contributed by atoms with E-state index in [4.69, 9.17) is 11.6 Å². The predicted octanol–water partition coefficient (Wildman–Crippen LogP) is 5.70. The van der Waals surface area contributed by atoms with E-state index in [0.29, 0.717) is 11.3 Å². The van der Waals surface area contributed by atoms with E-state index in [0.717, 1.165) is 22.8 Å². The van der Waals surface area contributed by atoms with E-state index >= 15 is 0 Å². The summed E-state index contributed by atoms with van der Waals surface area (Å²) >= 11 is 6.79. The first-order valence-corrected chi connectivity index (χ1v) is 8.02. The summed E-state index contributed by atoms with van der Waals surface area (Å²) < 4.78 is 13.9. The van der Waals surface area contributed by atoms with Gasteiger partial charge in [-0.25, -0.2) is 4.39 Å². The number of fused-ring (bicyclic) bond motifs is 2. The molecular formula is C18H18ClF. The maximum absolute atomic E-state index is 13.9. The number of alkyl halides is 1. The van der Waals surface area contributed by atoms with Crippen LogP contribution in [0.4, 0.5) is 4.39 Å². The van der Waals surface area contributed by atoms with Crippen LogP contribution in [0.15, 0.2) is 36.4 Å². The Labute approximate surface area is 123 Å². The molecule has 20 heavy (non-hydrogen) atoms. The first-order valence-electron chi connectivity index (χ1n) is 7.58. The molecule has 3 unspecified atom stereocenters. The molecule has 2 heteroatoms. The Hall–Kier alpha value is -1.08. The summed E-state index contributed by atoms with van der Waals surface area (Å²) in [6.45, 7) is 0. The average Bonchev–Trinajstić information content (AvgIpc) is 3.22. The fourth-order valence-electron chi connectivity index (χ4n) is 4.22. The summed E-state index contributed by atoms with van der Waals surface area (Å²) in [6.07, 6.45) is 5.37. The standard InChI is InChI=1S/C18H18ClF/c19-18(17-13-7-3-4-8-14(13)17)15-9-10-16(20)12-6-2-1-5-11(12)15/h1-2,5-6,9-10,13-14,17-18H,3-4,7-8H2. The molecule has 0 spiro atoms. The highest BCUT2D eigenvalue weighted by Gasteiger charge is 2.54. The maximum Gasteiger partial charge on any atom is 0.131 e. The minimum Gasteiger partial charge on any atom is -0.206 e.